The van der Waals surface area contributed by atoms with Gasteiger partial charge in [-0.25, -0.2) is 0 Å². The average molecular weight is 269 g/mol. The van der Waals surface area contributed by atoms with E-state index < -0.39 is 0 Å². The van der Waals surface area contributed by atoms with Crippen molar-refractivity contribution in [1.29, 1.82) is 0 Å². The van der Waals surface area contributed by atoms with Crippen molar-refractivity contribution in [3.63, 3.8) is 0 Å². The average Bonchev–Trinajstić information content (AvgIpc) is 2.79. The number of methoxy groups -OCH3 is 1. The summed E-state index contributed by atoms with van der Waals surface area (Å²) in [5, 5.41) is 13.7. The van der Waals surface area contributed by atoms with Crippen LogP contribution in [0.2, 0.25) is 0 Å². The van der Waals surface area contributed by atoms with Gasteiger partial charge in [0.25, 0.3) is 0 Å². The molecule has 2 aromatic heterocycles. The molecule has 0 saturated heterocycles. The van der Waals surface area contributed by atoms with E-state index in [4.69, 9.17) is 10.5 Å². The van der Waals surface area contributed by atoms with Gasteiger partial charge in [-0.2, -0.15) is 9.61 Å². The lowest BCUT2D eigenvalue weighted by Gasteiger charge is -2.36. The van der Waals surface area contributed by atoms with E-state index in [-0.39, 0.29) is 11.0 Å². The molecule has 18 heavy (non-hydrogen) atoms. The SMILES string of the molecule is COCc1nnc2sc(C(C)(C)C(C)(C)N)nn12. The maximum absolute atomic E-state index is 6.23. The fourth-order valence-electron chi connectivity index (χ4n) is 1.40. The zero-order valence-corrected chi connectivity index (χ0v) is 12.2. The van der Waals surface area contributed by atoms with Gasteiger partial charge in [0.1, 0.15) is 11.6 Å². The van der Waals surface area contributed by atoms with Gasteiger partial charge in [0.2, 0.25) is 4.96 Å². The van der Waals surface area contributed by atoms with Crippen molar-refractivity contribution in [2.24, 2.45) is 5.73 Å². The molecule has 0 aliphatic heterocycles. The molecule has 7 heteroatoms. The number of fused-ring (bicyclic) bond motifs is 1. The predicted octanol–water partition coefficient (Wildman–Crippen LogP) is 1.35. The Morgan fingerprint density at radius 3 is 2.50 bits per heavy atom. The third-order valence-electron chi connectivity index (χ3n) is 3.47. The molecule has 0 radical (unpaired) electrons. The number of ether oxygens (including phenoxy) is 1. The van der Waals surface area contributed by atoms with Gasteiger partial charge in [-0.05, 0) is 13.8 Å². The minimum atomic E-state index is -0.363. The van der Waals surface area contributed by atoms with Crippen LogP contribution in [0.4, 0.5) is 0 Å². The molecule has 0 spiro atoms. The summed E-state index contributed by atoms with van der Waals surface area (Å²) in [4.78, 5) is 0.773. The van der Waals surface area contributed by atoms with Gasteiger partial charge >= 0.3 is 0 Å². The first-order chi connectivity index (χ1) is 8.27. The van der Waals surface area contributed by atoms with Crippen LogP contribution in [-0.2, 0) is 16.8 Å². The van der Waals surface area contributed by atoms with Crippen molar-refractivity contribution in [1.82, 2.24) is 19.8 Å². The molecule has 2 heterocycles. The summed E-state index contributed by atoms with van der Waals surface area (Å²) in [5.74, 6) is 0.709. The van der Waals surface area contributed by atoms with Crippen molar-refractivity contribution in [2.75, 3.05) is 7.11 Å². The molecule has 0 amide bonds. The highest BCUT2D eigenvalue weighted by Crippen LogP contribution is 2.35. The van der Waals surface area contributed by atoms with Crippen molar-refractivity contribution >= 4 is 16.3 Å². The minimum absolute atomic E-state index is 0.233. The molecule has 0 aromatic carbocycles. The zero-order valence-electron chi connectivity index (χ0n) is 11.4. The Kier molecular flexibility index (Phi) is 3.16. The summed E-state index contributed by atoms with van der Waals surface area (Å²) in [6.07, 6.45) is 0. The summed E-state index contributed by atoms with van der Waals surface area (Å²) in [7, 11) is 1.63. The number of aromatic nitrogens is 4. The number of hydrogen-bond acceptors (Lipinski definition) is 6. The third kappa shape index (κ3) is 2.02. The highest BCUT2D eigenvalue weighted by atomic mass is 32.1. The Balaban J connectivity index is 2.48. The zero-order chi connectivity index (χ0) is 13.6. The molecule has 0 aliphatic rings. The number of nitrogens with two attached hydrogens (primary N) is 1. The molecule has 0 aliphatic carbocycles. The van der Waals surface area contributed by atoms with Gasteiger partial charge in [-0.15, -0.1) is 10.2 Å². The maximum atomic E-state index is 6.23. The van der Waals surface area contributed by atoms with Crippen molar-refractivity contribution < 1.29 is 4.74 Å². The van der Waals surface area contributed by atoms with E-state index in [0.29, 0.717) is 12.4 Å². The van der Waals surface area contributed by atoms with Crippen LogP contribution >= 0.6 is 11.3 Å². The summed E-state index contributed by atoms with van der Waals surface area (Å²) < 4.78 is 6.81. The largest absolute Gasteiger partial charge is 0.377 e. The Bertz CT molecular complexity index is 551. The van der Waals surface area contributed by atoms with Crippen LogP contribution in [0, 0.1) is 0 Å². The van der Waals surface area contributed by atoms with E-state index in [0.717, 1.165) is 9.97 Å². The summed E-state index contributed by atoms with van der Waals surface area (Å²) in [5.41, 5.74) is 5.63. The molecular weight excluding hydrogens is 250 g/mol. The molecule has 2 N–H and O–H groups in total. The van der Waals surface area contributed by atoms with Crippen molar-refractivity contribution in [2.45, 2.75) is 45.3 Å². The first kappa shape index (κ1) is 13.4. The molecule has 0 fully saturated rings. The second kappa shape index (κ2) is 4.25. The van der Waals surface area contributed by atoms with Crippen LogP contribution < -0.4 is 5.73 Å². The smallest absolute Gasteiger partial charge is 0.234 e. The lowest BCUT2D eigenvalue weighted by atomic mass is 9.76. The summed E-state index contributed by atoms with van der Waals surface area (Å²) in [6.45, 7) is 8.59. The van der Waals surface area contributed by atoms with Crippen LogP contribution in [0.3, 0.4) is 0 Å². The highest BCUT2D eigenvalue weighted by molar-refractivity contribution is 7.16. The van der Waals surface area contributed by atoms with E-state index >= 15 is 0 Å². The third-order valence-corrected chi connectivity index (χ3v) is 4.70. The Morgan fingerprint density at radius 2 is 1.94 bits per heavy atom. The Morgan fingerprint density at radius 1 is 1.28 bits per heavy atom. The molecule has 2 aromatic rings. The lowest BCUT2D eigenvalue weighted by molar-refractivity contribution is 0.175. The van der Waals surface area contributed by atoms with E-state index in [1.165, 1.54) is 11.3 Å². The van der Waals surface area contributed by atoms with Crippen LogP contribution in [0.1, 0.15) is 38.5 Å². The van der Waals surface area contributed by atoms with Gasteiger partial charge in [-0.1, -0.05) is 25.2 Å². The van der Waals surface area contributed by atoms with Gasteiger partial charge in [0.15, 0.2) is 5.82 Å². The number of rotatable bonds is 4. The van der Waals surface area contributed by atoms with Gasteiger partial charge in [0, 0.05) is 18.1 Å². The van der Waals surface area contributed by atoms with Gasteiger partial charge < -0.3 is 10.5 Å². The summed E-state index contributed by atoms with van der Waals surface area (Å²) in [6, 6.07) is 0. The summed E-state index contributed by atoms with van der Waals surface area (Å²) >= 11 is 1.52. The van der Waals surface area contributed by atoms with E-state index in [1.54, 1.807) is 11.6 Å². The molecule has 0 atom stereocenters. The first-order valence-electron chi connectivity index (χ1n) is 5.77. The second-order valence-corrected chi connectivity index (χ2v) is 6.45. The Labute approximate surface area is 110 Å². The predicted molar refractivity (Wildman–Crippen MR) is 70.7 cm³/mol. The van der Waals surface area contributed by atoms with E-state index in [2.05, 4.69) is 29.1 Å². The normalized spacial score (nSPS) is 13.4. The number of nitrogens with zero attached hydrogens (tertiary/aromatic N) is 4. The van der Waals surface area contributed by atoms with E-state index in [9.17, 15) is 0 Å². The van der Waals surface area contributed by atoms with Crippen molar-refractivity contribution in [3.8, 4) is 0 Å². The molecule has 6 nitrogen and oxygen atoms in total. The first-order valence-corrected chi connectivity index (χ1v) is 6.58. The fourth-order valence-corrected chi connectivity index (χ4v) is 2.53. The second-order valence-electron chi connectivity index (χ2n) is 5.50. The van der Waals surface area contributed by atoms with Crippen LogP contribution in [0.25, 0.3) is 4.96 Å². The van der Waals surface area contributed by atoms with Crippen LogP contribution in [-0.4, -0.2) is 32.5 Å². The van der Waals surface area contributed by atoms with Gasteiger partial charge in [-0.3, -0.25) is 0 Å². The highest BCUT2D eigenvalue weighted by Gasteiger charge is 2.38. The quantitative estimate of drug-likeness (QED) is 0.906. The monoisotopic (exact) mass is 269 g/mol. The topological polar surface area (TPSA) is 78.3 Å². The molecule has 0 bridgehead atoms. The van der Waals surface area contributed by atoms with Crippen LogP contribution in [0.5, 0.6) is 0 Å². The van der Waals surface area contributed by atoms with Crippen LogP contribution in [0.15, 0.2) is 0 Å². The molecule has 100 valence electrons. The maximum Gasteiger partial charge on any atom is 0.234 e. The number of hydrogen-bond donors (Lipinski definition) is 1. The lowest BCUT2D eigenvalue weighted by Crippen LogP contribution is -2.50. The molecular formula is C11H19N5OS. The minimum Gasteiger partial charge on any atom is -0.377 e. The fraction of sp³-hybridized carbons (Fsp3) is 0.727. The van der Waals surface area contributed by atoms with E-state index in [1.807, 2.05) is 13.8 Å². The molecule has 0 unspecified atom stereocenters. The van der Waals surface area contributed by atoms with Crippen molar-refractivity contribution in [3.05, 3.63) is 10.8 Å². The molecule has 2 rings (SSSR count). The standard InChI is InChI=1S/C11H19N5OS/c1-10(2,11(3,4)12)8-15-16-7(6-17-5)13-14-9(16)18-8/h6,12H2,1-5H3. The molecule has 0 saturated carbocycles. The Hall–Kier alpha value is -1.05. The van der Waals surface area contributed by atoms with Gasteiger partial charge in [0.05, 0.1) is 0 Å².